The van der Waals surface area contributed by atoms with Crippen LogP contribution in [0.5, 0.6) is 5.75 Å². The van der Waals surface area contributed by atoms with Gasteiger partial charge in [0, 0.05) is 30.5 Å². The van der Waals surface area contributed by atoms with Gasteiger partial charge in [0.25, 0.3) is 0 Å². The largest absolute Gasteiger partial charge is 0.508 e. The lowest BCUT2D eigenvalue weighted by Gasteiger charge is -2.46. The van der Waals surface area contributed by atoms with Crippen molar-refractivity contribution in [3.63, 3.8) is 0 Å². The van der Waals surface area contributed by atoms with E-state index in [4.69, 9.17) is 9.72 Å². The minimum absolute atomic E-state index is 0.0761. The molecule has 27 heavy (non-hydrogen) atoms. The molecule has 4 nitrogen and oxygen atoms in total. The lowest BCUT2D eigenvalue weighted by molar-refractivity contribution is -0.104. The SMILES string of the molecule is Oc1ccc(CNCC[C@@]2(c3ccccn3)CCOC3(CCCC3)C2)cc1. The Bertz CT molecular complexity index is 726. The number of rotatable bonds is 6. The molecule has 1 spiro atoms. The molecule has 1 saturated heterocycles. The summed E-state index contributed by atoms with van der Waals surface area (Å²) >= 11 is 0. The van der Waals surface area contributed by atoms with Crippen LogP contribution in [0, 0.1) is 0 Å². The number of ether oxygens (including phenoxy) is 1. The second-order valence-electron chi connectivity index (χ2n) is 8.25. The summed E-state index contributed by atoms with van der Waals surface area (Å²) in [6, 6.07) is 13.8. The van der Waals surface area contributed by atoms with Crippen LogP contribution in [-0.4, -0.2) is 28.8 Å². The van der Waals surface area contributed by atoms with Gasteiger partial charge < -0.3 is 15.2 Å². The summed E-state index contributed by atoms with van der Waals surface area (Å²) in [5, 5.41) is 13.0. The quantitative estimate of drug-likeness (QED) is 0.747. The number of hydrogen-bond donors (Lipinski definition) is 2. The fourth-order valence-corrected chi connectivity index (χ4v) is 4.97. The second-order valence-corrected chi connectivity index (χ2v) is 8.25. The Labute approximate surface area is 162 Å². The number of phenols is 1. The van der Waals surface area contributed by atoms with Gasteiger partial charge in [0.2, 0.25) is 0 Å². The molecular weight excluding hydrogens is 336 g/mol. The summed E-state index contributed by atoms with van der Waals surface area (Å²) in [6.07, 6.45) is 10.1. The van der Waals surface area contributed by atoms with E-state index in [0.717, 1.165) is 39.0 Å². The highest BCUT2D eigenvalue weighted by Crippen LogP contribution is 2.49. The Balaban J connectivity index is 1.45. The van der Waals surface area contributed by atoms with E-state index in [1.165, 1.54) is 36.9 Å². The maximum Gasteiger partial charge on any atom is 0.115 e. The van der Waals surface area contributed by atoms with Crippen molar-refractivity contribution in [2.45, 2.75) is 62.5 Å². The van der Waals surface area contributed by atoms with Gasteiger partial charge in [0.15, 0.2) is 0 Å². The predicted octanol–water partition coefficient (Wildman–Crippen LogP) is 4.33. The average molecular weight is 367 g/mol. The Morgan fingerprint density at radius 1 is 1.04 bits per heavy atom. The molecule has 2 fully saturated rings. The number of nitrogens with zero attached hydrogens (tertiary/aromatic N) is 1. The Morgan fingerprint density at radius 2 is 1.85 bits per heavy atom. The van der Waals surface area contributed by atoms with Crippen LogP contribution in [0.25, 0.3) is 0 Å². The third-order valence-electron chi connectivity index (χ3n) is 6.42. The van der Waals surface area contributed by atoms with Gasteiger partial charge in [-0.05, 0) is 68.5 Å². The molecule has 0 unspecified atom stereocenters. The first-order valence-electron chi connectivity index (χ1n) is 10.2. The summed E-state index contributed by atoms with van der Waals surface area (Å²) in [5.41, 5.74) is 2.60. The van der Waals surface area contributed by atoms with Crippen LogP contribution in [0.4, 0.5) is 0 Å². The molecule has 1 atom stereocenters. The first-order chi connectivity index (χ1) is 13.2. The van der Waals surface area contributed by atoms with E-state index in [1.807, 2.05) is 24.4 Å². The highest BCUT2D eigenvalue weighted by atomic mass is 16.5. The molecule has 0 amide bonds. The molecule has 1 aliphatic carbocycles. The van der Waals surface area contributed by atoms with Gasteiger partial charge in [-0.25, -0.2) is 0 Å². The normalized spacial score (nSPS) is 24.3. The molecule has 2 heterocycles. The maximum atomic E-state index is 9.42. The van der Waals surface area contributed by atoms with Crippen molar-refractivity contribution in [2.75, 3.05) is 13.2 Å². The molecule has 0 bridgehead atoms. The van der Waals surface area contributed by atoms with E-state index in [-0.39, 0.29) is 11.0 Å². The van der Waals surface area contributed by atoms with Crippen LogP contribution < -0.4 is 5.32 Å². The fourth-order valence-electron chi connectivity index (χ4n) is 4.97. The molecule has 1 aromatic carbocycles. The standard InChI is InChI=1S/C23H30N2O2/c26-20-8-6-19(7-9-20)17-24-15-12-22(21-5-1-4-14-25-21)13-16-27-23(18-22)10-2-3-11-23/h1,4-9,14,24,26H,2-3,10-13,15-18H2/t22-/m1/s1. The molecule has 1 saturated carbocycles. The zero-order valence-corrected chi connectivity index (χ0v) is 16.0. The summed E-state index contributed by atoms with van der Waals surface area (Å²) in [7, 11) is 0. The monoisotopic (exact) mass is 366 g/mol. The minimum atomic E-state index is 0.0761. The summed E-state index contributed by atoms with van der Waals surface area (Å²) in [4.78, 5) is 4.76. The topological polar surface area (TPSA) is 54.4 Å². The first-order valence-corrected chi connectivity index (χ1v) is 10.2. The summed E-state index contributed by atoms with van der Waals surface area (Å²) < 4.78 is 6.32. The Kier molecular flexibility index (Phi) is 5.46. The Morgan fingerprint density at radius 3 is 2.59 bits per heavy atom. The van der Waals surface area contributed by atoms with Crippen LogP contribution in [0.2, 0.25) is 0 Å². The van der Waals surface area contributed by atoms with Gasteiger partial charge in [-0.15, -0.1) is 0 Å². The average Bonchev–Trinajstić information content (AvgIpc) is 3.15. The molecule has 144 valence electrons. The number of hydrogen-bond acceptors (Lipinski definition) is 4. The van der Waals surface area contributed by atoms with Gasteiger partial charge >= 0.3 is 0 Å². The van der Waals surface area contributed by atoms with Crippen LogP contribution in [0.1, 0.15) is 56.2 Å². The highest BCUT2D eigenvalue weighted by Gasteiger charge is 2.48. The van der Waals surface area contributed by atoms with Crippen molar-refractivity contribution in [2.24, 2.45) is 0 Å². The predicted molar refractivity (Wildman–Crippen MR) is 107 cm³/mol. The van der Waals surface area contributed by atoms with Crippen molar-refractivity contribution < 1.29 is 9.84 Å². The second kappa shape index (κ2) is 7.99. The smallest absolute Gasteiger partial charge is 0.115 e. The van der Waals surface area contributed by atoms with E-state index in [2.05, 4.69) is 17.4 Å². The first kappa shape index (κ1) is 18.5. The lowest BCUT2D eigenvalue weighted by atomic mass is 9.68. The van der Waals surface area contributed by atoms with Gasteiger partial charge in [-0.2, -0.15) is 0 Å². The zero-order valence-electron chi connectivity index (χ0n) is 16.0. The number of nitrogens with one attached hydrogen (secondary N) is 1. The van der Waals surface area contributed by atoms with Crippen molar-refractivity contribution in [1.82, 2.24) is 10.3 Å². The number of aromatic nitrogens is 1. The lowest BCUT2D eigenvalue weighted by Crippen LogP contribution is -2.47. The van der Waals surface area contributed by atoms with Crippen LogP contribution in [0.15, 0.2) is 48.7 Å². The van der Waals surface area contributed by atoms with E-state index in [0.29, 0.717) is 5.75 Å². The summed E-state index contributed by atoms with van der Waals surface area (Å²) in [5.74, 6) is 0.317. The van der Waals surface area contributed by atoms with Crippen LogP contribution in [-0.2, 0) is 16.7 Å². The van der Waals surface area contributed by atoms with Crippen molar-refractivity contribution >= 4 is 0 Å². The van der Waals surface area contributed by atoms with Crippen molar-refractivity contribution in [1.29, 1.82) is 0 Å². The fraction of sp³-hybridized carbons (Fsp3) is 0.522. The van der Waals surface area contributed by atoms with Crippen molar-refractivity contribution in [3.05, 3.63) is 59.9 Å². The molecule has 1 aromatic heterocycles. The number of benzene rings is 1. The van der Waals surface area contributed by atoms with E-state index < -0.39 is 0 Å². The molecular formula is C23H30N2O2. The van der Waals surface area contributed by atoms with Gasteiger partial charge in [0.1, 0.15) is 5.75 Å². The highest BCUT2D eigenvalue weighted by molar-refractivity contribution is 5.26. The minimum Gasteiger partial charge on any atom is -0.508 e. The van der Waals surface area contributed by atoms with Crippen molar-refractivity contribution in [3.8, 4) is 5.75 Å². The van der Waals surface area contributed by atoms with Gasteiger partial charge in [-0.1, -0.05) is 31.0 Å². The molecule has 2 aromatic rings. The third-order valence-corrected chi connectivity index (χ3v) is 6.42. The molecule has 2 N–H and O–H groups in total. The third kappa shape index (κ3) is 4.17. The van der Waals surface area contributed by atoms with Crippen LogP contribution in [0.3, 0.4) is 0 Å². The van der Waals surface area contributed by atoms with Crippen LogP contribution >= 0.6 is 0 Å². The molecule has 4 heteroatoms. The molecule has 2 aliphatic rings. The molecule has 1 aliphatic heterocycles. The van der Waals surface area contributed by atoms with Gasteiger partial charge in [0.05, 0.1) is 5.60 Å². The molecule has 4 rings (SSSR count). The van der Waals surface area contributed by atoms with Gasteiger partial charge in [-0.3, -0.25) is 4.98 Å². The zero-order chi connectivity index (χ0) is 18.6. The summed E-state index contributed by atoms with van der Waals surface area (Å²) in [6.45, 7) is 2.61. The van der Waals surface area contributed by atoms with E-state index >= 15 is 0 Å². The Hall–Kier alpha value is -1.91. The van der Waals surface area contributed by atoms with E-state index in [9.17, 15) is 5.11 Å². The number of phenolic OH excluding ortho intramolecular Hbond substituents is 1. The number of aromatic hydroxyl groups is 1. The number of pyridine rings is 1. The van der Waals surface area contributed by atoms with E-state index in [1.54, 1.807) is 12.1 Å². The molecule has 0 radical (unpaired) electrons. The maximum absolute atomic E-state index is 9.42.